The van der Waals surface area contributed by atoms with Crippen molar-refractivity contribution in [1.29, 1.82) is 0 Å². The van der Waals surface area contributed by atoms with Crippen LogP contribution in [0.15, 0.2) is 66.7 Å². The quantitative estimate of drug-likeness (QED) is 0.704. The van der Waals surface area contributed by atoms with Gasteiger partial charge in [-0.2, -0.15) is 0 Å². The monoisotopic (exact) mass is 289 g/mol. The van der Waals surface area contributed by atoms with Crippen LogP contribution < -0.4 is 5.32 Å². The highest BCUT2D eigenvalue weighted by Gasteiger charge is 2.10. The van der Waals surface area contributed by atoms with Gasteiger partial charge >= 0.3 is 0 Å². The Kier molecular flexibility index (Phi) is 3.92. The Balaban J connectivity index is 1.92. The van der Waals surface area contributed by atoms with E-state index in [0.717, 1.165) is 16.5 Å². The van der Waals surface area contributed by atoms with Crippen molar-refractivity contribution in [2.45, 2.75) is 19.8 Å². The van der Waals surface area contributed by atoms with Crippen molar-refractivity contribution in [2.24, 2.45) is 0 Å². The molecule has 0 saturated heterocycles. The standard InChI is InChI=1S/C20H19NO/c1-14(2)16-9-5-10-17(13-16)21-20(22)19-12-6-8-15-7-3-4-11-18(15)19/h3-14H,1-2H3,(H,21,22). The van der Waals surface area contributed by atoms with Crippen LogP contribution in [0.2, 0.25) is 0 Å². The maximum Gasteiger partial charge on any atom is 0.256 e. The van der Waals surface area contributed by atoms with Crippen LogP contribution >= 0.6 is 0 Å². The van der Waals surface area contributed by atoms with Crippen molar-refractivity contribution < 1.29 is 4.79 Å². The summed E-state index contributed by atoms with van der Waals surface area (Å²) in [7, 11) is 0. The average Bonchev–Trinajstić information content (AvgIpc) is 2.54. The summed E-state index contributed by atoms with van der Waals surface area (Å²) in [5.41, 5.74) is 2.76. The zero-order valence-corrected chi connectivity index (χ0v) is 12.8. The Labute approximate surface area is 130 Å². The third kappa shape index (κ3) is 2.86. The van der Waals surface area contributed by atoms with Gasteiger partial charge in [0.2, 0.25) is 0 Å². The van der Waals surface area contributed by atoms with Gasteiger partial charge in [-0.05, 0) is 40.5 Å². The van der Waals surface area contributed by atoms with Crippen molar-refractivity contribution in [3.05, 3.63) is 77.9 Å². The molecule has 0 atom stereocenters. The maximum absolute atomic E-state index is 12.6. The summed E-state index contributed by atoms with van der Waals surface area (Å²) < 4.78 is 0. The lowest BCUT2D eigenvalue weighted by Gasteiger charge is -2.11. The van der Waals surface area contributed by atoms with Crippen LogP contribution in [0.4, 0.5) is 5.69 Å². The van der Waals surface area contributed by atoms with Gasteiger partial charge in [0.25, 0.3) is 5.91 Å². The fourth-order valence-corrected chi connectivity index (χ4v) is 2.60. The number of fused-ring (bicyclic) bond motifs is 1. The summed E-state index contributed by atoms with van der Waals surface area (Å²) in [4.78, 5) is 12.6. The summed E-state index contributed by atoms with van der Waals surface area (Å²) >= 11 is 0. The molecule has 22 heavy (non-hydrogen) atoms. The minimum absolute atomic E-state index is 0.0716. The lowest BCUT2D eigenvalue weighted by Crippen LogP contribution is -2.12. The Morgan fingerprint density at radius 1 is 0.909 bits per heavy atom. The zero-order valence-electron chi connectivity index (χ0n) is 12.8. The van der Waals surface area contributed by atoms with Gasteiger partial charge in [-0.15, -0.1) is 0 Å². The first-order chi connectivity index (χ1) is 10.6. The van der Waals surface area contributed by atoms with Crippen LogP contribution in [0.5, 0.6) is 0 Å². The largest absolute Gasteiger partial charge is 0.322 e. The number of anilines is 1. The molecule has 2 heteroatoms. The molecular weight excluding hydrogens is 270 g/mol. The molecule has 1 amide bonds. The molecule has 0 fully saturated rings. The molecule has 2 nitrogen and oxygen atoms in total. The molecule has 0 saturated carbocycles. The van der Waals surface area contributed by atoms with Gasteiger partial charge in [0, 0.05) is 11.3 Å². The number of rotatable bonds is 3. The summed E-state index contributed by atoms with van der Waals surface area (Å²) in [6, 6.07) is 21.8. The average molecular weight is 289 g/mol. The Hall–Kier alpha value is -2.61. The smallest absolute Gasteiger partial charge is 0.256 e. The first-order valence-electron chi connectivity index (χ1n) is 7.54. The Morgan fingerprint density at radius 2 is 1.64 bits per heavy atom. The first-order valence-corrected chi connectivity index (χ1v) is 7.54. The molecule has 0 aliphatic carbocycles. The minimum Gasteiger partial charge on any atom is -0.322 e. The fraction of sp³-hybridized carbons (Fsp3) is 0.150. The molecular formula is C20H19NO. The molecule has 3 aromatic carbocycles. The molecule has 0 unspecified atom stereocenters. The highest BCUT2D eigenvalue weighted by Crippen LogP contribution is 2.22. The molecule has 0 heterocycles. The molecule has 110 valence electrons. The third-order valence-electron chi connectivity index (χ3n) is 3.85. The van der Waals surface area contributed by atoms with E-state index in [4.69, 9.17) is 0 Å². The molecule has 3 aromatic rings. The van der Waals surface area contributed by atoms with Crippen LogP contribution in [0.1, 0.15) is 35.7 Å². The topological polar surface area (TPSA) is 29.1 Å². The normalized spacial score (nSPS) is 10.9. The Morgan fingerprint density at radius 3 is 2.45 bits per heavy atom. The minimum atomic E-state index is -0.0716. The summed E-state index contributed by atoms with van der Waals surface area (Å²) in [6.07, 6.45) is 0. The molecule has 0 spiro atoms. The second-order valence-electron chi connectivity index (χ2n) is 5.76. The molecule has 1 N–H and O–H groups in total. The lowest BCUT2D eigenvalue weighted by atomic mass is 10.0. The van der Waals surface area contributed by atoms with Gasteiger partial charge in [0.05, 0.1) is 0 Å². The van der Waals surface area contributed by atoms with Crippen LogP contribution in [-0.2, 0) is 0 Å². The highest BCUT2D eigenvalue weighted by atomic mass is 16.1. The lowest BCUT2D eigenvalue weighted by molar-refractivity contribution is 0.102. The van der Waals surface area contributed by atoms with E-state index in [-0.39, 0.29) is 5.91 Å². The summed E-state index contributed by atoms with van der Waals surface area (Å²) in [5.74, 6) is 0.368. The fourth-order valence-electron chi connectivity index (χ4n) is 2.60. The molecule has 0 radical (unpaired) electrons. The maximum atomic E-state index is 12.6. The first kappa shape index (κ1) is 14.3. The molecule has 0 aliphatic rings. The van der Waals surface area contributed by atoms with Crippen LogP contribution in [0.3, 0.4) is 0 Å². The number of hydrogen-bond acceptors (Lipinski definition) is 1. The number of carbonyl (C=O) groups excluding carboxylic acids is 1. The van der Waals surface area contributed by atoms with E-state index in [0.29, 0.717) is 11.5 Å². The second kappa shape index (κ2) is 6.02. The van der Waals surface area contributed by atoms with E-state index in [9.17, 15) is 4.79 Å². The predicted octanol–water partition coefficient (Wildman–Crippen LogP) is 5.22. The highest BCUT2D eigenvalue weighted by molar-refractivity contribution is 6.12. The number of hydrogen-bond donors (Lipinski definition) is 1. The number of amides is 1. The van der Waals surface area contributed by atoms with Gasteiger partial charge in [0.1, 0.15) is 0 Å². The second-order valence-corrected chi connectivity index (χ2v) is 5.76. The SMILES string of the molecule is CC(C)c1cccc(NC(=O)c2cccc3ccccc23)c1. The van der Waals surface area contributed by atoms with E-state index >= 15 is 0 Å². The van der Waals surface area contributed by atoms with Gasteiger partial charge in [-0.25, -0.2) is 0 Å². The van der Waals surface area contributed by atoms with Crippen molar-refractivity contribution in [3.8, 4) is 0 Å². The van der Waals surface area contributed by atoms with Gasteiger partial charge < -0.3 is 5.32 Å². The number of carbonyl (C=O) groups is 1. The summed E-state index contributed by atoms with van der Waals surface area (Å²) in [5, 5.41) is 5.06. The van der Waals surface area contributed by atoms with Crippen molar-refractivity contribution in [3.63, 3.8) is 0 Å². The number of benzene rings is 3. The van der Waals surface area contributed by atoms with Gasteiger partial charge in [-0.1, -0.05) is 62.4 Å². The number of nitrogens with one attached hydrogen (secondary N) is 1. The van der Waals surface area contributed by atoms with Crippen molar-refractivity contribution in [1.82, 2.24) is 0 Å². The van der Waals surface area contributed by atoms with E-state index in [1.807, 2.05) is 60.7 Å². The van der Waals surface area contributed by atoms with Crippen LogP contribution in [0.25, 0.3) is 10.8 Å². The van der Waals surface area contributed by atoms with Crippen LogP contribution in [0, 0.1) is 0 Å². The van der Waals surface area contributed by atoms with Gasteiger partial charge in [-0.3, -0.25) is 4.79 Å². The third-order valence-corrected chi connectivity index (χ3v) is 3.85. The van der Waals surface area contributed by atoms with Crippen LogP contribution in [-0.4, -0.2) is 5.91 Å². The van der Waals surface area contributed by atoms with Crippen molar-refractivity contribution >= 4 is 22.4 Å². The predicted molar refractivity (Wildman–Crippen MR) is 92.4 cm³/mol. The van der Waals surface area contributed by atoms with Gasteiger partial charge in [0.15, 0.2) is 0 Å². The zero-order chi connectivity index (χ0) is 15.5. The molecule has 0 aliphatic heterocycles. The molecule has 0 bridgehead atoms. The van der Waals surface area contributed by atoms with E-state index in [2.05, 4.69) is 25.2 Å². The van der Waals surface area contributed by atoms with E-state index in [1.54, 1.807) is 0 Å². The molecule has 0 aromatic heterocycles. The summed E-state index contributed by atoms with van der Waals surface area (Å²) in [6.45, 7) is 4.29. The van der Waals surface area contributed by atoms with E-state index in [1.165, 1.54) is 5.56 Å². The Bertz CT molecular complexity index is 815. The van der Waals surface area contributed by atoms with Crippen molar-refractivity contribution in [2.75, 3.05) is 5.32 Å². The molecule has 3 rings (SSSR count). The van der Waals surface area contributed by atoms with E-state index < -0.39 is 0 Å².